The van der Waals surface area contributed by atoms with E-state index < -0.39 is 0 Å². The van der Waals surface area contributed by atoms with E-state index in [2.05, 4.69) is 77.8 Å². The molecule has 0 aliphatic heterocycles. The Balaban J connectivity index is 1.63. The van der Waals surface area contributed by atoms with Crippen LogP contribution < -0.4 is 0 Å². The summed E-state index contributed by atoms with van der Waals surface area (Å²) in [4.78, 5) is 16.5. The number of aromatic amines is 2. The highest BCUT2D eigenvalue weighted by atomic mass is 79.9. The van der Waals surface area contributed by atoms with Crippen molar-refractivity contribution in [2.24, 2.45) is 9.98 Å². The van der Waals surface area contributed by atoms with E-state index in [-0.39, 0.29) is 0 Å². The third-order valence-electron chi connectivity index (χ3n) is 5.54. The lowest BCUT2D eigenvalue weighted by atomic mass is 10.1. The predicted molar refractivity (Wildman–Crippen MR) is 151 cm³/mol. The smallest absolute Gasteiger partial charge is 0.0631 e. The van der Waals surface area contributed by atoms with E-state index in [0.29, 0.717) is 0 Å². The molecule has 4 rings (SSSR count). The van der Waals surface area contributed by atoms with E-state index in [1.807, 2.05) is 61.0 Å². The Hall–Kier alpha value is -2.70. The van der Waals surface area contributed by atoms with Gasteiger partial charge >= 0.3 is 0 Å². The minimum absolute atomic E-state index is 0.929. The molecule has 2 N–H and O–H groups in total. The molecular formula is C28H28Br2N4. The first kappa shape index (κ1) is 24.4. The maximum absolute atomic E-state index is 4.68. The van der Waals surface area contributed by atoms with E-state index in [9.17, 15) is 0 Å². The van der Waals surface area contributed by atoms with Crippen molar-refractivity contribution in [3.63, 3.8) is 0 Å². The highest BCUT2D eigenvalue weighted by molar-refractivity contribution is 9.10. The molecule has 0 unspecified atom stereocenters. The fraction of sp³-hybridized carbons (Fsp3) is 0.214. The largest absolute Gasteiger partial charge is 0.352 e. The Morgan fingerprint density at radius 1 is 0.647 bits per heavy atom. The Morgan fingerprint density at radius 2 is 1.03 bits per heavy atom. The molecule has 0 aliphatic carbocycles. The number of H-pyrrole nitrogens is 2. The number of halogens is 2. The number of rotatable bonds is 9. The zero-order valence-corrected chi connectivity index (χ0v) is 22.6. The van der Waals surface area contributed by atoms with Gasteiger partial charge in [-0.3, -0.25) is 9.98 Å². The summed E-state index contributed by atoms with van der Waals surface area (Å²) in [6.45, 7) is 4.40. The summed E-state index contributed by atoms with van der Waals surface area (Å²) >= 11 is 6.95. The molecule has 0 atom stereocenters. The second kappa shape index (κ2) is 11.6. The molecule has 2 heterocycles. The standard InChI is InChI=1S/C28H28Br2N4/c1-3-5-19-15-25(33-27(19)17-31-23-11-7-21(29)8-12-23)26-16-20(6-4-2)28(34-26)18-32-24-13-9-22(30)10-14-24/h7-18,33-34H,3-6H2,1-2H3. The molecule has 2 aromatic carbocycles. The van der Waals surface area contributed by atoms with Crippen LogP contribution in [0.5, 0.6) is 0 Å². The lowest BCUT2D eigenvalue weighted by Crippen LogP contribution is -1.89. The van der Waals surface area contributed by atoms with Gasteiger partial charge in [0.05, 0.1) is 46.6 Å². The van der Waals surface area contributed by atoms with Crippen LogP contribution in [0.15, 0.2) is 79.6 Å². The van der Waals surface area contributed by atoms with Gasteiger partial charge in [-0.1, -0.05) is 58.5 Å². The van der Waals surface area contributed by atoms with Crippen LogP contribution in [0.3, 0.4) is 0 Å². The second-order valence-electron chi connectivity index (χ2n) is 8.21. The molecule has 0 saturated heterocycles. The molecule has 0 saturated carbocycles. The van der Waals surface area contributed by atoms with Gasteiger partial charge in [0, 0.05) is 8.95 Å². The van der Waals surface area contributed by atoms with Gasteiger partial charge in [-0.25, -0.2) is 0 Å². The van der Waals surface area contributed by atoms with E-state index in [1.54, 1.807) is 0 Å². The van der Waals surface area contributed by atoms with Gasteiger partial charge in [0.1, 0.15) is 0 Å². The van der Waals surface area contributed by atoms with Crippen molar-refractivity contribution in [2.45, 2.75) is 39.5 Å². The van der Waals surface area contributed by atoms with Crippen LogP contribution in [0.4, 0.5) is 11.4 Å². The van der Waals surface area contributed by atoms with Crippen LogP contribution in [0.1, 0.15) is 49.2 Å². The van der Waals surface area contributed by atoms with Crippen LogP contribution >= 0.6 is 31.9 Å². The van der Waals surface area contributed by atoms with E-state index in [1.165, 1.54) is 11.1 Å². The molecule has 2 aromatic heterocycles. The van der Waals surface area contributed by atoms with Crippen molar-refractivity contribution in [3.05, 3.63) is 92.1 Å². The van der Waals surface area contributed by atoms with Crippen molar-refractivity contribution in [1.82, 2.24) is 9.97 Å². The zero-order valence-electron chi connectivity index (χ0n) is 19.4. The molecular weight excluding hydrogens is 552 g/mol. The first-order valence-electron chi connectivity index (χ1n) is 11.6. The average molecular weight is 580 g/mol. The van der Waals surface area contributed by atoms with E-state index in [0.717, 1.165) is 68.8 Å². The normalized spacial score (nSPS) is 11.8. The molecule has 0 bridgehead atoms. The van der Waals surface area contributed by atoms with Crippen LogP contribution in [-0.4, -0.2) is 22.4 Å². The number of nitrogens with one attached hydrogen (secondary N) is 2. The number of aliphatic imine (C=N–C) groups is 2. The first-order chi connectivity index (χ1) is 16.6. The fourth-order valence-corrected chi connectivity index (χ4v) is 4.36. The number of aromatic nitrogens is 2. The minimum atomic E-state index is 0.929. The number of hydrogen-bond acceptors (Lipinski definition) is 2. The van der Waals surface area contributed by atoms with Gasteiger partial charge in [0.25, 0.3) is 0 Å². The summed E-state index contributed by atoms with van der Waals surface area (Å²) in [6.07, 6.45) is 8.02. The molecule has 0 fully saturated rings. The summed E-state index contributed by atoms with van der Waals surface area (Å²) in [5, 5.41) is 0. The predicted octanol–water partition coefficient (Wildman–Crippen LogP) is 8.94. The van der Waals surface area contributed by atoms with Crippen LogP contribution in [0.2, 0.25) is 0 Å². The maximum Gasteiger partial charge on any atom is 0.0631 e. The Labute approximate surface area is 217 Å². The maximum atomic E-state index is 4.68. The number of hydrogen-bond donors (Lipinski definition) is 2. The monoisotopic (exact) mass is 578 g/mol. The van der Waals surface area contributed by atoms with Crippen LogP contribution in [-0.2, 0) is 12.8 Å². The second-order valence-corrected chi connectivity index (χ2v) is 10.0. The van der Waals surface area contributed by atoms with Gasteiger partial charge in [-0.2, -0.15) is 0 Å². The Kier molecular flexibility index (Phi) is 8.35. The Bertz CT molecular complexity index is 1180. The quantitative estimate of drug-likeness (QED) is 0.186. The van der Waals surface area contributed by atoms with Gasteiger partial charge in [-0.05, 0) is 84.6 Å². The summed E-state index contributed by atoms with van der Waals surface area (Å²) in [7, 11) is 0. The molecule has 34 heavy (non-hydrogen) atoms. The lowest BCUT2D eigenvalue weighted by molar-refractivity contribution is 0.921. The van der Waals surface area contributed by atoms with Crippen LogP contribution in [0, 0.1) is 0 Å². The topological polar surface area (TPSA) is 56.3 Å². The number of benzene rings is 2. The number of nitrogens with zero attached hydrogens (tertiary/aromatic N) is 2. The SMILES string of the molecule is CCCc1cc(-c2cc(CCC)c(C=Nc3ccc(Br)cc3)[nH]2)[nH]c1C=Nc1ccc(Br)cc1. The third kappa shape index (κ3) is 6.24. The molecule has 0 radical (unpaired) electrons. The molecule has 4 nitrogen and oxygen atoms in total. The zero-order chi connectivity index (χ0) is 23.9. The molecule has 0 spiro atoms. The van der Waals surface area contributed by atoms with Crippen molar-refractivity contribution in [2.75, 3.05) is 0 Å². The highest BCUT2D eigenvalue weighted by Crippen LogP contribution is 2.26. The molecule has 0 aliphatic rings. The Morgan fingerprint density at radius 3 is 1.38 bits per heavy atom. The minimum Gasteiger partial charge on any atom is -0.352 e. The van der Waals surface area contributed by atoms with Crippen molar-refractivity contribution in [3.8, 4) is 11.4 Å². The van der Waals surface area contributed by atoms with Gasteiger partial charge in [0.2, 0.25) is 0 Å². The van der Waals surface area contributed by atoms with E-state index in [4.69, 9.17) is 0 Å². The number of aryl methyl sites for hydroxylation is 2. The van der Waals surface area contributed by atoms with Crippen molar-refractivity contribution < 1.29 is 0 Å². The van der Waals surface area contributed by atoms with Gasteiger partial charge in [0.15, 0.2) is 0 Å². The first-order valence-corrected chi connectivity index (χ1v) is 13.2. The highest BCUT2D eigenvalue weighted by Gasteiger charge is 2.12. The molecule has 6 heteroatoms. The summed E-state index contributed by atoms with van der Waals surface area (Å²) < 4.78 is 2.10. The summed E-state index contributed by atoms with van der Waals surface area (Å²) in [5.74, 6) is 0. The van der Waals surface area contributed by atoms with Crippen molar-refractivity contribution in [1.29, 1.82) is 0 Å². The molecule has 4 aromatic rings. The fourth-order valence-electron chi connectivity index (χ4n) is 3.83. The molecule has 0 amide bonds. The van der Waals surface area contributed by atoms with E-state index >= 15 is 0 Å². The van der Waals surface area contributed by atoms with Crippen LogP contribution in [0.25, 0.3) is 11.4 Å². The van der Waals surface area contributed by atoms with Gasteiger partial charge < -0.3 is 9.97 Å². The van der Waals surface area contributed by atoms with Gasteiger partial charge in [-0.15, -0.1) is 0 Å². The van der Waals surface area contributed by atoms with Crippen molar-refractivity contribution >= 4 is 55.7 Å². The third-order valence-corrected chi connectivity index (χ3v) is 6.59. The average Bonchev–Trinajstić information content (AvgIpc) is 3.43. The summed E-state index contributed by atoms with van der Waals surface area (Å²) in [5.41, 5.74) is 8.65. The summed E-state index contributed by atoms with van der Waals surface area (Å²) in [6, 6.07) is 20.5. The molecule has 174 valence electrons. The lowest BCUT2D eigenvalue weighted by Gasteiger charge is -1.97.